The minimum atomic E-state index is -1.10. The summed E-state index contributed by atoms with van der Waals surface area (Å²) in [5.74, 6) is -1.10. The zero-order valence-corrected chi connectivity index (χ0v) is 18.5. The highest BCUT2D eigenvalue weighted by Gasteiger charge is 2.28. The Kier molecular flexibility index (Phi) is 12.7. The van der Waals surface area contributed by atoms with Crippen LogP contribution in [0.5, 0.6) is 0 Å². The molecule has 0 saturated carbocycles. The van der Waals surface area contributed by atoms with Gasteiger partial charge in [0.05, 0.1) is 38.2 Å². The van der Waals surface area contributed by atoms with E-state index in [1.807, 2.05) is 27.7 Å². The van der Waals surface area contributed by atoms with Crippen molar-refractivity contribution in [2.75, 3.05) is 7.11 Å². The van der Waals surface area contributed by atoms with Gasteiger partial charge in [0, 0.05) is 6.04 Å². The number of carbonyl (C=O) groups is 3. The third kappa shape index (κ3) is 11.8. The Labute approximate surface area is 173 Å². The molecular formula is C20H39N3O6. The Balaban J connectivity index is 4.76. The molecule has 0 heterocycles. The van der Waals surface area contributed by atoms with Crippen LogP contribution in [-0.2, 0) is 19.1 Å². The van der Waals surface area contributed by atoms with Crippen molar-refractivity contribution in [3.05, 3.63) is 0 Å². The summed E-state index contributed by atoms with van der Waals surface area (Å²) < 4.78 is 4.56. The van der Waals surface area contributed by atoms with E-state index in [2.05, 4.69) is 15.4 Å². The van der Waals surface area contributed by atoms with E-state index in [9.17, 15) is 24.6 Å². The first-order valence-corrected chi connectivity index (χ1v) is 10.2. The van der Waals surface area contributed by atoms with Gasteiger partial charge in [0.2, 0.25) is 11.8 Å². The third-order valence-corrected chi connectivity index (χ3v) is 4.52. The van der Waals surface area contributed by atoms with Gasteiger partial charge in [-0.25, -0.2) is 0 Å². The summed E-state index contributed by atoms with van der Waals surface area (Å²) in [7, 11) is 1.23. The predicted octanol–water partition coefficient (Wildman–Crippen LogP) is 0.0704. The second kappa shape index (κ2) is 13.5. The predicted molar refractivity (Wildman–Crippen MR) is 110 cm³/mol. The summed E-state index contributed by atoms with van der Waals surface area (Å²) in [6.45, 7) is 9.31. The van der Waals surface area contributed by atoms with E-state index in [0.717, 1.165) is 0 Å². The normalized spacial score (nSPS) is 16.7. The molecule has 2 amide bonds. The number of methoxy groups -OCH3 is 1. The van der Waals surface area contributed by atoms with Crippen LogP contribution >= 0.6 is 0 Å². The molecule has 6 N–H and O–H groups in total. The monoisotopic (exact) mass is 417 g/mol. The Morgan fingerprint density at radius 1 is 0.897 bits per heavy atom. The van der Waals surface area contributed by atoms with Gasteiger partial charge in [-0.2, -0.15) is 0 Å². The Bertz CT molecular complexity index is 526. The van der Waals surface area contributed by atoms with E-state index in [1.165, 1.54) is 14.0 Å². The molecule has 0 unspecified atom stereocenters. The number of aliphatic hydroxyl groups excluding tert-OH is 2. The summed E-state index contributed by atoms with van der Waals surface area (Å²) in [4.78, 5) is 36.0. The Morgan fingerprint density at radius 3 is 1.93 bits per heavy atom. The number of hydrogen-bond acceptors (Lipinski definition) is 7. The van der Waals surface area contributed by atoms with Crippen LogP contribution in [0.1, 0.15) is 60.3 Å². The summed E-state index contributed by atoms with van der Waals surface area (Å²) in [5, 5.41) is 25.5. The molecule has 0 spiro atoms. The molecule has 5 atom stereocenters. The minimum absolute atomic E-state index is 0.162. The lowest BCUT2D eigenvalue weighted by Gasteiger charge is -2.27. The maximum atomic E-state index is 12.5. The average Bonchev–Trinajstić information content (AvgIpc) is 2.59. The van der Waals surface area contributed by atoms with Crippen LogP contribution in [-0.4, -0.2) is 65.4 Å². The first kappa shape index (κ1) is 27.3. The quantitative estimate of drug-likeness (QED) is 0.266. The second-order valence-corrected chi connectivity index (χ2v) is 8.45. The number of hydrogen-bond donors (Lipinski definition) is 5. The molecular weight excluding hydrogens is 378 g/mol. The van der Waals surface area contributed by atoms with Crippen molar-refractivity contribution >= 4 is 17.8 Å². The van der Waals surface area contributed by atoms with Crippen molar-refractivity contribution in [1.82, 2.24) is 10.6 Å². The lowest BCUT2D eigenvalue weighted by molar-refractivity contribution is -0.143. The summed E-state index contributed by atoms with van der Waals surface area (Å²) in [5.41, 5.74) is 5.88. The summed E-state index contributed by atoms with van der Waals surface area (Å²) in [6.07, 6.45) is -1.51. The highest BCUT2D eigenvalue weighted by atomic mass is 16.5. The topological polar surface area (TPSA) is 151 Å². The summed E-state index contributed by atoms with van der Waals surface area (Å²) >= 11 is 0. The van der Waals surface area contributed by atoms with Crippen molar-refractivity contribution in [3.63, 3.8) is 0 Å². The number of nitrogens with one attached hydrogen (secondary N) is 2. The molecule has 0 saturated heterocycles. The number of carbonyl (C=O) groups excluding carboxylic acids is 3. The molecule has 0 aliphatic carbocycles. The molecule has 0 rings (SSSR count). The number of amides is 2. The molecule has 0 aliphatic heterocycles. The maximum Gasteiger partial charge on any atom is 0.308 e. The molecule has 9 heteroatoms. The molecule has 0 aliphatic rings. The van der Waals surface area contributed by atoms with E-state index >= 15 is 0 Å². The number of aliphatic hydroxyl groups is 2. The molecule has 0 bridgehead atoms. The first-order valence-electron chi connectivity index (χ1n) is 10.2. The smallest absolute Gasteiger partial charge is 0.308 e. The van der Waals surface area contributed by atoms with E-state index in [1.54, 1.807) is 0 Å². The highest BCUT2D eigenvalue weighted by molar-refractivity contribution is 5.87. The Morgan fingerprint density at radius 2 is 1.45 bits per heavy atom. The maximum absolute atomic E-state index is 12.5. The van der Waals surface area contributed by atoms with Crippen LogP contribution in [0.2, 0.25) is 0 Å². The summed E-state index contributed by atoms with van der Waals surface area (Å²) in [6, 6.07) is -2.06. The fourth-order valence-electron chi connectivity index (χ4n) is 2.93. The molecule has 0 aromatic carbocycles. The molecule has 0 radical (unpaired) electrons. The van der Waals surface area contributed by atoms with Gasteiger partial charge in [-0.3, -0.25) is 14.4 Å². The fraction of sp³-hybridized carbons (Fsp3) is 0.850. The largest absolute Gasteiger partial charge is 0.469 e. The third-order valence-electron chi connectivity index (χ3n) is 4.52. The number of nitrogens with two attached hydrogens (primary N) is 1. The molecule has 0 aromatic heterocycles. The minimum Gasteiger partial charge on any atom is -0.469 e. The molecule has 0 fully saturated rings. The van der Waals surface area contributed by atoms with Crippen LogP contribution in [0, 0.1) is 11.8 Å². The molecule has 0 aromatic rings. The van der Waals surface area contributed by atoms with E-state index in [4.69, 9.17) is 5.73 Å². The van der Waals surface area contributed by atoms with Gasteiger partial charge in [0.1, 0.15) is 6.04 Å². The van der Waals surface area contributed by atoms with Gasteiger partial charge in [0.15, 0.2) is 0 Å². The van der Waals surface area contributed by atoms with Gasteiger partial charge < -0.3 is 31.3 Å². The van der Waals surface area contributed by atoms with Crippen molar-refractivity contribution in [1.29, 1.82) is 0 Å². The van der Waals surface area contributed by atoms with Gasteiger partial charge in [-0.1, -0.05) is 27.7 Å². The van der Waals surface area contributed by atoms with Crippen molar-refractivity contribution in [3.8, 4) is 0 Å². The zero-order chi connectivity index (χ0) is 22.7. The second-order valence-electron chi connectivity index (χ2n) is 8.45. The molecule has 9 nitrogen and oxygen atoms in total. The van der Waals surface area contributed by atoms with Gasteiger partial charge >= 0.3 is 5.97 Å². The SMILES string of the molecule is COC(=O)C[C@H](O)[C@H](CC(C)C)NC(=O)[C@H](C)NC(=O)C[C@H](O)[C@@H](N)CC(C)C. The first-order chi connectivity index (χ1) is 13.4. The van der Waals surface area contributed by atoms with Crippen molar-refractivity contribution in [2.24, 2.45) is 17.6 Å². The molecule has 170 valence electrons. The average molecular weight is 418 g/mol. The van der Waals surface area contributed by atoms with Crippen LogP contribution < -0.4 is 16.4 Å². The fourth-order valence-corrected chi connectivity index (χ4v) is 2.93. The van der Waals surface area contributed by atoms with E-state index < -0.39 is 48.1 Å². The number of esters is 1. The highest BCUT2D eigenvalue weighted by Crippen LogP contribution is 2.12. The van der Waals surface area contributed by atoms with Crippen molar-refractivity contribution in [2.45, 2.75) is 90.6 Å². The van der Waals surface area contributed by atoms with Crippen LogP contribution in [0.15, 0.2) is 0 Å². The standard InChI is InChI=1S/C20H39N3O6/c1-11(2)7-14(21)16(24)9-18(26)22-13(5)20(28)23-15(8-12(3)4)17(25)10-19(27)29-6/h11-17,24-25H,7-10,21H2,1-6H3,(H,22,26)(H,23,28)/t13-,14-,15-,16-,17-/m0/s1. The van der Waals surface area contributed by atoms with Gasteiger partial charge in [-0.15, -0.1) is 0 Å². The van der Waals surface area contributed by atoms with Crippen LogP contribution in [0.3, 0.4) is 0 Å². The van der Waals surface area contributed by atoms with E-state index in [-0.39, 0.29) is 18.8 Å². The van der Waals surface area contributed by atoms with Gasteiger partial charge in [-0.05, 0) is 31.6 Å². The van der Waals surface area contributed by atoms with Gasteiger partial charge in [0.25, 0.3) is 0 Å². The Hall–Kier alpha value is -1.71. The lowest BCUT2D eigenvalue weighted by atomic mass is 9.97. The number of rotatable bonds is 13. The number of ether oxygens (including phenoxy) is 1. The van der Waals surface area contributed by atoms with Crippen molar-refractivity contribution < 1.29 is 29.3 Å². The van der Waals surface area contributed by atoms with Crippen LogP contribution in [0.4, 0.5) is 0 Å². The molecule has 29 heavy (non-hydrogen) atoms. The van der Waals surface area contributed by atoms with E-state index in [0.29, 0.717) is 18.8 Å². The zero-order valence-electron chi connectivity index (χ0n) is 18.5. The lowest BCUT2D eigenvalue weighted by Crippen LogP contribution is -2.52. The van der Waals surface area contributed by atoms with Crippen LogP contribution in [0.25, 0.3) is 0 Å².